The minimum absolute atomic E-state index is 0.867. The molecule has 2 heterocycles. The molecule has 2 aromatic rings. The molecule has 18 heavy (non-hydrogen) atoms. The lowest BCUT2D eigenvalue weighted by molar-refractivity contribution is 0.224. The third-order valence-electron chi connectivity index (χ3n) is 4.16. The van der Waals surface area contributed by atoms with Crippen LogP contribution >= 0.6 is 0 Å². The van der Waals surface area contributed by atoms with Gasteiger partial charge >= 0.3 is 0 Å². The quantitative estimate of drug-likeness (QED) is 0.772. The summed E-state index contributed by atoms with van der Waals surface area (Å²) in [5, 5.41) is 0. The molecule has 2 heteroatoms. The average molecular weight is 242 g/mol. The fourth-order valence-electron chi connectivity index (χ4n) is 3.31. The first-order valence-electron chi connectivity index (χ1n) is 7.11. The zero-order valence-electron chi connectivity index (χ0n) is 10.9. The van der Waals surface area contributed by atoms with Crippen LogP contribution in [0.15, 0.2) is 49.1 Å². The number of nitrogens with zero attached hydrogens (tertiary/aromatic N) is 2. The van der Waals surface area contributed by atoms with Crippen molar-refractivity contribution < 1.29 is 0 Å². The Morgan fingerprint density at radius 2 is 1.17 bits per heavy atom. The topological polar surface area (TPSA) is 9.86 Å². The third-order valence-corrected chi connectivity index (χ3v) is 4.16. The van der Waals surface area contributed by atoms with E-state index in [-0.39, 0.29) is 0 Å². The summed E-state index contributed by atoms with van der Waals surface area (Å²) in [6.07, 6.45) is 14.4. The van der Waals surface area contributed by atoms with E-state index < -0.39 is 0 Å². The summed E-state index contributed by atoms with van der Waals surface area (Å²) >= 11 is 0. The van der Waals surface area contributed by atoms with Gasteiger partial charge in [0.25, 0.3) is 0 Å². The van der Waals surface area contributed by atoms with Gasteiger partial charge in [-0.05, 0) is 55.4 Å². The molecular weight excluding hydrogens is 220 g/mol. The standard InChI is InChI=1S/C16H22N2/c1-2-9-17(8-1)13-15-6-5-7-16(12-15)14-18-10-3-4-11-18/h1-4,8-11,15-16H,5-7,12-14H2. The fraction of sp³-hybridized carbons (Fsp3) is 0.500. The molecule has 0 spiro atoms. The van der Waals surface area contributed by atoms with Gasteiger partial charge in [0.2, 0.25) is 0 Å². The second-order valence-electron chi connectivity index (χ2n) is 5.66. The van der Waals surface area contributed by atoms with E-state index in [2.05, 4.69) is 58.2 Å². The molecule has 0 aromatic carbocycles. The molecule has 1 aliphatic rings. The van der Waals surface area contributed by atoms with Crippen molar-refractivity contribution in [1.82, 2.24) is 9.13 Å². The first-order valence-corrected chi connectivity index (χ1v) is 7.11. The van der Waals surface area contributed by atoms with Gasteiger partial charge in [-0.15, -0.1) is 0 Å². The van der Waals surface area contributed by atoms with Crippen LogP contribution in [0, 0.1) is 11.8 Å². The van der Waals surface area contributed by atoms with Crippen molar-refractivity contribution >= 4 is 0 Å². The molecule has 0 bridgehead atoms. The van der Waals surface area contributed by atoms with Crippen molar-refractivity contribution in [3.05, 3.63) is 49.1 Å². The van der Waals surface area contributed by atoms with E-state index in [9.17, 15) is 0 Å². The van der Waals surface area contributed by atoms with Crippen molar-refractivity contribution in [2.24, 2.45) is 11.8 Å². The molecule has 3 rings (SSSR count). The van der Waals surface area contributed by atoms with Gasteiger partial charge in [0.1, 0.15) is 0 Å². The Kier molecular flexibility index (Phi) is 3.54. The number of hydrogen-bond acceptors (Lipinski definition) is 0. The summed E-state index contributed by atoms with van der Waals surface area (Å²) in [5.74, 6) is 1.73. The van der Waals surface area contributed by atoms with Crippen LogP contribution in [0.4, 0.5) is 0 Å². The van der Waals surface area contributed by atoms with E-state index >= 15 is 0 Å². The lowest BCUT2D eigenvalue weighted by Gasteiger charge is -2.29. The summed E-state index contributed by atoms with van der Waals surface area (Å²) in [6.45, 7) is 2.41. The molecule has 2 unspecified atom stereocenters. The van der Waals surface area contributed by atoms with Crippen molar-refractivity contribution in [3.8, 4) is 0 Å². The van der Waals surface area contributed by atoms with Crippen LogP contribution in [0.1, 0.15) is 25.7 Å². The molecular formula is C16H22N2. The Bertz CT molecular complexity index is 399. The lowest BCUT2D eigenvalue weighted by atomic mass is 9.81. The summed E-state index contributed by atoms with van der Waals surface area (Å²) in [7, 11) is 0. The van der Waals surface area contributed by atoms with Crippen molar-refractivity contribution in [3.63, 3.8) is 0 Å². The number of rotatable bonds is 4. The Morgan fingerprint density at radius 3 is 1.61 bits per heavy atom. The molecule has 1 aliphatic carbocycles. The van der Waals surface area contributed by atoms with Gasteiger partial charge in [0.05, 0.1) is 0 Å². The van der Waals surface area contributed by atoms with Gasteiger partial charge in [-0.25, -0.2) is 0 Å². The average Bonchev–Trinajstić information content (AvgIpc) is 3.03. The van der Waals surface area contributed by atoms with Gasteiger partial charge in [-0.3, -0.25) is 0 Å². The monoisotopic (exact) mass is 242 g/mol. The largest absolute Gasteiger partial charge is 0.354 e. The summed E-state index contributed by atoms with van der Waals surface area (Å²) in [4.78, 5) is 0. The van der Waals surface area contributed by atoms with Crippen LogP contribution in [-0.4, -0.2) is 9.13 Å². The molecule has 0 radical (unpaired) electrons. The van der Waals surface area contributed by atoms with E-state index in [1.54, 1.807) is 0 Å². The second-order valence-corrected chi connectivity index (χ2v) is 5.66. The number of hydrogen-bond donors (Lipinski definition) is 0. The molecule has 2 aromatic heterocycles. The highest BCUT2D eigenvalue weighted by molar-refractivity contribution is 4.92. The normalized spacial score (nSPS) is 24.2. The molecule has 2 atom stereocenters. The SMILES string of the molecule is c1ccn(CC2CCCC(Cn3cccc3)C2)c1. The molecule has 0 N–H and O–H groups in total. The van der Waals surface area contributed by atoms with Crippen LogP contribution in [0.3, 0.4) is 0 Å². The highest BCUT2D eigenvalue weighted by Gasteiger charge is 2.22. The van der Waals surface area contributed by atoms with Crippen LogP contribution in [-0.2, 0) is 13.1 Å². The summed E-state index contributed by atoms with van der Waals surface area (Å²) in [6, 6.07) is 8.50. The highest BCUT2D eigenvalue weighted by Crippen LogP contribution is 2.31. The van der Waals surface area contributed by atoms with Gasteiger partial charge in [0.15, 0.2) is 0 Å². The molecule has 0 aliphatic heterocycles. The van der Waals surface area contributed by atoms with E-state index in [1.165, 1.54) is 38.8 Å². The van der Waals surface area contributed by atoms with Gasteiger partial charge < -0.3 is 9.13 Å². The molecule has 0 saturated heterocycles. The van der Waals surface area contributed by atoms with Crippen LogP contribution < -0.4 is 0 Å². The fourth-order valence-corrected chi connectivity index (χ4v) is 3.31. The maximum absolute atomic E-state index is 2.34. The predicted octanol–water partition coefficient (Wildman–Crippen LogP) is 3.80. The first-order chi connectivity index (χ1) is 8.90. The minimum Gasteiger partial charge on any atom is -0.354 e. The highest BCUT2D eigenvalue weighted by atomic mass is 14.9. The minimum atomic E-state index is 0.867. The molecule has 2 nitrogen and oxygen atoms in total. The Morgan fingerprint density at radius 1 is 0.722 bits per heavy atom. The van der Waals surface area contributed by atoms with Gasteiger partial charge in [-0.1, -0.05) is 6.42 Å². The lowest BCUT2D eigenvalue weighted by Crippen LogP contribution is -2.22. The molecule has 0 amide bonds. The van der Waals surface area contributed by atoms with E-state index in [0.29, 0.717) is 0 Å². The maximum atomic E-state index is 2.34. The van der Waals surface area contributed by atoms with Crippen LogP contribution in [0.25, 0.3) is 0 Å². The molecule has 1 fully saturated rings. The molecule has 96 valence electrons. The van der Waals surface area contributed by atoms with Gasteiger partial charge in [-0.2, -0.15) is 0 Å². The maximum Gasteiger partial charge on any atom is 0.0248 e. The Balaban J connectivity index is 1.55. The smallest absolute Gasteiger partial charge is 0.0248 e. The first kappa shape index (κ1) is 11.6. The molecule has 1 saturated carbocycles. The second kappa shape index (κ2) is 5.47. The van der Waals surface area contributed by atoms with Crippen molar-refractivity contribution in [2.75, 3.05) is 0 Å². The van der Waals surface area contributed by atoms with Crippen molar-refractivity contribution in [1.29, 1.82) is 0 Å². The Labute approximate surface area is 109 Å². The number of aromatic nitrogens is 2. The Hall–Kier alpha value is -1.44. The van der Waals surface area contributed by atoms with Gasteiger partial charge in [0, 0.05) is 37.9 Å². The van der Waals surface area contributed by atoms with Crippen molar-refractivity contribution in [2.45, 2.75) is 38.8 Å². The van der Waals surface area contributed by atoms with E-state index in [4.69, 9.17) is 0 Å². The van der Waals surface area contributed by atoms with Crippen LogP contribution in [0.2, 0.25) is 0 Å². The zero-order valence-corrected chi connectivity index (χ0v) is 10.9. The van der Waals surface area contributed by atoms with Crippen LogP contribution in [0.5, 0.6) is 0 Å². The summed E-state index contributed by atoms with van der Waals surface area (Å²) in [5.41, 5.74) is 0. The third kappa shape index (κ3) is 2.87. The van der Waals surface area contributed by atoms with E-state index in [0.717, 1.165) is 11.8 Å². The zero-order chi connectivity index (χ0) is 12.2. The predicted molar refractivity (Wildman–Crippen MR) is 74.3 cm³/mol. The van der Waals surface area contributed by atoms with E-state index in [1.807, 2.05) is 0 Å². The summed E-state index contributed by atoms with van der Waals surface area (Å²) < 4.78 is 4.67.